The Morgan fingerprint density at radius 1 is 1.17 bits per heavy atom. The van der Waals surface area contributed by atoms with Crippen LogP contribution in [-0.4, -0.2) is 8.07 Å². The van der Waals surface area contributed by atoms with E-state index in [2.05, 4.69) is 66.3 Å². The van der Waals surface area contributed by atoms with Crippen molar-refractivity contribution in [2.75, 3.05) is 0 Å². The van der Waals surface area contributed by atoms with Gasteiger partial charge >= 0.3 is 0 Å². The molecule has 1 atom stereocenters. The van der Waals surface area contributed by atoms with E-state index < -0.39 is 8.07 Å². The number of allylic oxidation sites excluding steroid dienone is 5. The van der Waals surface area contributed by atoms with E-state index in [9.17, 15) is 0 Å². The molecule has 0 saturated carbocycles. The van der Waals surface area contributed by atoms with Crippen LogP contribution >= 0.6 is 15.9 Å². The summed E-state index contributed by atoms with van der Waals surface area (Å²) in [5.74, 6) is 0. The van der Waals surface area contributed by atoms with E-state index in [1.54, 1.807) is 27.5 Å². The van der Waals surface area contributed by atoms with Crippen LogP contribution in [0.3, 0.4) is 0 Å². The number of halogens is 1. The van der Waals surface area contributed by atoms with E-state index in [0.717, 1.165) is 0 Å². The highest BCUT2D eigenvalue weighted by Gasteiger charge is 2.41. The average molecular weight is 385 g/mol. The van der Waals surface area contributed by atoms with E-state index in [1.807, 2.05) is 0 Å². The molecule has 0 heterocycles. The summed E-state index contributed by atoms with van der Waals surface area (Å²) in [4.78, 5) is 0. The molecule has 1 aromatic rings. The standard InChI is InChI=1S/C21H25BrSi/c1-14-12-18-19(13-15-8-4-7-11-17(15)20(18)22)21(14)23(2,3)16-9-5-6-10-16/h5-6,9,12-13,21H,4,7-8,10-11H2,1-3H3. The molecule has 0 N–H and O–H groups in total. The minimum atomic E-state index is -1.51. The van der Waals surface area contributed by atoms with Gasteiger partial charge in [-0.1, -0.05) is 54.2 Å². The molecular weight excluding hydrogens is 360 g/mol. The van der Waals surface area contributed by atoms with Crippen molar-refractivity contribution in [3.05, 3.63) is 61.8 Å². The molecule has 3 aliphatic carbocycles. The third kappa shape index (κ3) is 2.37. The van der Waals surface area contributed by atoms with Gasteiger partial charge in [-0.2, -0.15) is 0 Å². The van der Waals surface area contributed by atoms with Crippen molar-refractivity contribution >= 4 is 30.1 Å². The van der Waals surface area contributed by atoms with Gasteiger partial charge in [-0.3, -0.25) is 0 Å². The zero-order chi connectivity index (χ0) is 16.2. The number of benzene rings is 1. The van der Waals surface area contributed by atoms with Crippen molar-refractivity contribution in [2.24, 2.45) is 0 Å². The lowest BCUT2D eigenvalue weighted by atomic mass is 9.88. The highest BCUT2D eigenvalue weighted by molar-refractivity contribution is 9.10. The topological polar surface area (TPSA) is 0 Å². The Hall–Kier alpha value is -0.863. The summed E-state index contributed by atoms with van der Waals surface area (Å²) in [6, 6.07) is 2.57. The first-order valence-electron chi connectivity index (χ1n) is 8.88. The van der Waals surface area contributed by atoms with E-state index in [4.69, 9.17) is 0 Å². The van der Waals surface area contributed by atoms with Crippen molar-refractivity contribution in [3.63, 3.8) is 0 Å². The molecule has 0 bridgehead atoms. The molecule has 0 aromatic heterocycles. The molecule has 23 heavy (non-hydrogen) atoms. The number of hydrogen-bond acceptors (Lipinski definition) is 0. The molecule has 0 fully saturated rings. The van der Waals surface area contributed by atoms with E-state index in [0.29, 0.717) is 5.54 Å². The second-order valence-corrected chi connectivity index (χ2v) is 13.4. The smallest absolute Gasteiger partial charge is 0.0809 e. The van der Waals surface area contributed by atoms with Gasteiger partial charge in [-0.05, 0) is 77.2 Å². The Morgan fingerprint density at radius 2 is 1.96 bits per heavy atom. The maximum absolute atomic E-state index is 3.97. The highest BCUT2D eigenvalue weighted by Crippen LogP contribution is 2.49. The summed E-state index contributed by atoms with van der Waals surface area (Å²) in [6.07, 6.45) is 15.8. The molecule has 4 rings (SSSR count). The van der Waals surface area contributed by atoms with Crippen LogP contribution in [0.25, 0.3) is 6.08 Å². The Morgan fingerprint density at radius 3 is 2.70 bits per heavy atom. The van der Waals surface area contributed by atoms with Gasteiger partial charge in [0.05, 0.1) is 8.07 Å². The molecule has 3 aliphatic rings. The lowest BCUT2D eigenvalue weighted by molar-refractivity contribution is 0.681. The summed E-state index contributed by atoms with van der Waals surface area (Å²) < 4.78 is 1.40. The molecule has 2 heteroatoms. The van der Waals surface area contributed by atoms with Crippen molar-refractivity contribution in [2.45, 2.75) is 57.7 Å². The summed E-state index contributed by atoms with van der Waals surface area (Å²) in [5, 5.41) is 1.71. The first-order valence-corrected chi connectivity index (χ1v) is 12.8. The fraction of sp³-hybridized carbons (Fsp3) is 0.429. The monoisotopic (exact) mass is 384 g/mol. The third-order valence-electron chi connectivity index (χ3n) is 6.11. The van der Waals surface area contributed by atoms with Crippen LogP contribution in [0.1, 0.15) is 54.0 Å². The predicted octanol–water partition coefficient (Wildman–Crippen LogP) is 6.50. The largest absolute Gasteiger partial charge is 0.0876 e. The fourth-order valence-corrected chi connectivity index (χ4v) is 9.48. The highest BCUT2D eigenvalue weighted by atomic mass is 79.9. The molecule has 0 amide bonds. The fourth-order valence-electron chi connectivity index (χ4n) is 4.90. The van der Waals surface area contributed by atoms with Crippen LogP contribution in [-0.2, 0) is 12.8 Å². The van der Waals surface area contributed by atoms with Crippen molar-refractivity contribution in [1.29, 1.82) is 0 Å². The normalized spacial score (nSPS) is 22.7. The number of fused-ring (bicyclic) bond motifs is 2. The van der Waals surface area contributed by atoms with E-state index in [1.165, 1.54) is 42.1 Å². The molecule has 0 saturated heterocycles. The quantitative estimate of drug-likeness (QED) is 0.510. The summed E-state index contributed by atoms with van der Waals surface area (Å²) in [6.45, 7) is 7.49. The molecule has 0 radical (unpaired) electrons. The zero-order valence-corrected chi connectivity index (χ0v) is 17.0. The van der Waals surface area contributed by atoms with Crippen LogP contribution < -0.4 is 0 Å². The van der Waals surface area contributed by atoms with Gasteiger partial charge in [0.2, 0.25) is 0 Å². The lowest BCUT2D eigenvalue weighted by Crippen LogP contribution is -2.37. The second kappa shape index (κ2) is 5.60. The van der Waals surface area contributed by atoms with Gasteiger partial charge in [0, 0.05) is 10.0 Å². The van der Waals surface area contributed by atoms with E-state index in [-0.39, 0.29) is 0 Å². The van der Waals surface area contributed by atoms with Gasteiger partial charge in [-0.15, -0.1) is 0 Å². The van der Waals surface area contributed by atoms with Crippen LogP contribution in [0.15, 0.2) is 39.5 Å². The third-order valence-corrected chi connectivity index (χ3v) is 11.3. The molecule has 1 unspecified atom stereocenters. The second-order valence-electron chi connectivity index (χ2n) is 7.91. The minimum Gasteiger partial charge on any atom is -0.0809 e. The van der Waals surface area contributed by atoms with Crippen LogP contribution in [0.2, 0.25) is 13.1 Å². The average Bonchev–Trinajstić information content (AvgIpc) is 3.15. The SMILES string of the molecule is CC1=Cc2c(cc3c(c2Br)CCCC3)C1[Si](C)(C)C1=CC=CC1. The minimum absolute atomic E-state index is 0.646. The molecule has 0 aliphatic heterocycles. The molecule has 0 spiro atoms. The number of rotatable bonds is 2. The Bertz CT molecular complexity index is 765. The van der Waals surface area contributed by atoms with Crippen LogP contribution in [0.4, 0.5) is 0 Å². The zero-order valence-electron chi connectivity index (χ0n) is 14.4. The van der Waals surface area contributed by atoms with Crippen molar-refractivity contribution in [3.8, 4) is 0 Å². The Labute approximate surface area is 149 Å². The van der Waals surface area contributed by atoms with E-state index >= 15 is 0 Å². The predicted molar refractivity (Wildman–Crippen MR) is 106 cm³/mol. The van der Waals surface area contributed by atoms with Crippen LogP contribution in [0, 0.1) is 0 Å². The van der Waals surface area contributed by atoms with Gasteiger partial charge in [-0.25, -0.2) is 0 Å². The molecule has 120 valence electrons. The number of aryl methyl sites for hydroxylation is 1. The van der Waals surface area contributed by atoms with Crippen molar-refractivity contribution < 1.29 is 0 Å². The van der Waals surface area contributed by atoms with Crippen molar-refractivity contribution in [1.82, 2.24) is 0 Å². The summed E-state index contributed by atoms with van der Waals surface area (Å²) in [7, 11) is -1.51. The maximum Gasteiger partial charge on any atom is 0.0876 e. The summed E-state index contributed by atoms with van der Waals surface area (Å²) in [5.41, 5.74) is 8.51. The molecular formula is C21H25BrSi. The van der Waals surface area contributed by atoms with Crippen LogP contribution in [0.5, 0.6) is 0 Å². The van der Waals surface area contributed by atoms with Gasteiger partial charge in [0.25, 0.3) is 0 Å². The first kappa shape index (κ1) is 15.7. The summed E-state index contributed by atoms with van der Waals surface area (Å²) >= 11 is 3.97. The Balaban J connectivity index is 1.84. The van der Waals surface area contributed by atoms with Gasteiger partial charge in [0.1, 0.15) is 0 Å². The lowest BCUT2D eigenvalue weighted by Gasteiger charge is -2.34. The van der Waals surface area contributed by atoms with Gasteiger partial charge in [0.15, 0.2) is 0 Å². The number of hydrogen-bond donors (Lipinski definition) is 0. The Kier molecular flexibility index (Phi) is 3.81. The first-order chi connectivity index (χ1) is 11.0. The van der Waals surface area contributed by atoms with Gasteiger partial charge < -0.3 is 0 Å². The maximum atomic E-state index is 3.97. The molecule has 1 aromatic carbocycles. The molecule has 0 nitrogen and oxygen atoms in total.